The number of anilines is 1. The van der Waals surface area contributed by atoms with E-state index in [1.165, 1.54) is 16.9 Å². The van der Waals surface area contributed by atoms with Gasteiger partial charge in [0, 0.05) is 16.2 Å². The highest BCUT2D eigenvalue weighted by atomic mass is 79.9. The summed E-state index contributed by atoms with van der Waals surface area (Å²) in [5, 5.41) is 9.18. The Labute approximate surface area is 187 Å². The number of nitrogens with one attached hydrogen (secondary N) is 1. The monoisotopic (exact) mass is 481 g/mol. The molecule has 0 aliphatic rings. The number of aromatic nitrogens is 2. The third-order valence-electron chi connectivity index (χ3n) is 4.45. The molecule has 4 rings (SSSR count). The molecule has 0 fully saturated rings. The highest BCUT2D eigenvalue weighted by molar-refractivity contribution is 9.10. The van der Waals surface area contributed by atoms with Crippen LogP contribution >= 0.6 is 27.3 Å². The average Bonchev–Trinajstić information content (AvgIpc) is 3.39. The first kappa shape index (κ1) is 20.4. The molecule has 0 atom stereocenters. The predicted molar refractivity (Wildman–Crippen MR) is 123 cm³/mol. The summed E-state index contributed by atoms with van der Waals surface area (Å²) in [5.74, 6) is 0.667. The molecule has 0 aliphatic heterocycles. The van der Waals surface area contributed by atoms with Gasteiger partial charge in [0.15, 0.2) is 0 Å². The fourth-order valence-corrected chi connectivity index (χ4v) is 3.91. The Balaban J connectivity index is 1.32. The van der Waals surface area contributed by atoms with Crippen LogP contribution in [0.15, 0.2) is 76.8 Å². The Morgan fingerprint density at radius 3 is 2.67 bits per heavy atom. The zero-order chi connectivity index (χ0) is 20.9. The van der Waals surface area contributed by atoms with Gasteiger partial charge in [0.25, 0.3) is 5.91 Å². The lowest BCUT2D eigenvalue weighted by atomic mass is 10.2. The Morgan fingerprint density at radius 1 is 1.13 bits per heavy atom. The zero-order valence-corrected chi connectivity index (χ0v) is 18.7. The highest BCUT2D eigenvalue weighted by Gasteiger charge is 2.11. The minimum absolute atomic E-state index is 0.148. The van der Waals surface area contributed by atoms with Crippen LogP contribution in [0.1, 0.15) is 26.4 Å². The molecule has 2 aromatic carbocycles. The molecule has 0 radical (unpaired) electrons. The average molecular weight is 482 g/mol. The van der Waals surface area contributed by atoms with Crippen LogP contribution in [0.2, 0.25) is 0 Å². The van der Waals surface area contributed by atoms with Gasteiger partial charge >= 0.3 is 0 Å². The summed E-state index contributed by atoms with van der Waals surface area (Å²) in [7, 11) is 0. The van der Waals surface area contributed by atoms with Crippen LogP contribution in [-0.4, -0.2) is 15.7 Å². The summed E-state index contributed by atoms with van der Waals surface area (Å²) in [5.41, 5.74) is 3.97. The number of rotatable bonds is 7. The number of hydrogen-bond donors (Lipinski definition) is 1. The van der Waals surface area contributed by atoms with Crippen LogP contribution in [-0.2, 0) is 13.2 Å². The molecule has 152 valence electrons. The molecule has 1 amide bonds. The van der Waals surface area contributed by atoms with Crippen molar-refractivity contribution >= 4 is 38.9 Å². The van der Waals surface area contributed by atoms with E-state index in [1.54, 1.807) is 10.9 Å². The number of ether oxygens (including phenoxy) is 1. The number of thiophene rings is 1. The maximum absolute atomic E-state index is 12.6. The van der Waals surface area contributed by atoms with E-state index in [0.29, 0.717) is 23.7 Å². The van der Waals surface area contributed by atoms with Crippen LogP contribution in [0, 0.1) is 6.92 Å². The number of carbonyl (C=O) groups excluding carboxylic acids is 1. The topological polar surface area (TPSA) is 56.1 Å². The van der Waals surface area contributed by atoms with E-state index in [9.17, 15) is 4.79 Å². The summed E-state index contributed by atoms with van der Waals surface area (Å²) in [6, 6.07) is 17.9. The number of amides is 1. The molecular formula is C23H20BrN3O2S. The molecule has 5 nitrogen and oxygen atoms in total. The first-order valence-electron chi connectivity index (χ1n) is 9.40. The first-order valence-corrected chi connectivity index (χ1v) is 11.1. The van der Waals surface area contributed by atoms with Crippen LogP contribution in [0.25, 0.3) is 0 Å². The molecule has 0 saturated heterocycles. The van der Waals surface area contributed by atoms with Crippen molar-refractivity contribution in [1.29, 1.82) is 0 Å². The molecule has 1 N–H and O–H groups in total. The number of halogens is 1. The van der Waals surface area contributed by atoms with Crippen LogP contribution in [0.3, 0.4) is 0 Å². The van der Waals surface area contributed by atoms with Crippen molar-refractivity contribution in [3.05, 3.63) is 98.4 Å². The molecule has 0 spiro atoms. The maximum atomic E-state index is 12.6. The Bertz CT molecular complexity index is 1130. The van der Waals surface area contributed by atoms with E-state index in [4.69, 9.17) is 4.74 Å². The molecule has 7 heteroatoms. The predicted octanol–water partition coefficient (Wildman–Crippen LogP) is 5.90. The van der Waals surface area contributed by atoms with Crippen molar-refractivity contribution in [1.82, 2.24) is 9.78 Å². The fraction of sp³-hybridized carbons (Fsp3) is 0.130. The summed E-state index contributed by atoms with van der Waals surface area (Å²) >= 11 is 4.83. The number of aryl methyl sites for hydroxylation is 1. The molecule has 0 saturated carbocycles. The molecular weight excluding hydrogens is 462 g/mol. The lowest BCUT2D eigenvalue weighted by molar-refractivity contribution is 0.103. The van der Waals surface area contributed by atoms with Gasteiger partial charge in [-0.2, -0.15) is 5.10 Å². The molecule has 0 aliphatic carbocycles. The Kier molecular flexibility index (Phi) is 6.30. The smallest absolute Gasteiger partial charge is 0.265 e. The number of hydrogen-bond acceptors (Lipinski definition) is 4. The van der Waals surface area contributed by atoms with E-state index in [2.05, 4.69) is 26.3 Å². The summed E-state index contributed by atoms with van der Waals surface area (Å²) < 4.78 is 8.63. The maximum Gasteiger partial charge on any atom is 0.265 e. The van der Waals surface area contributed by atoms with Crippen molar-refractivity contribution in [3.8, 4) is 5.75 Å². The van der Waals surface area contributed by atoms with Gasteiger partial charge in [0.1, 0.15) is 12.4 Å². The summed E-state index contributed by atoms with van der Waals surface area (Å²) in [4.78, 5) is 13.2. The van der Waals surface area contributed by atoms with E-state index >= 15 is 0 Å². The molecule has 0 bridgehead atoms. The number of nitrogens with zero attached hydrogens (tertiary/aromatic N) is 2. The first-order chi connectivity index (χ1) is 14.5. The Morgan fingerprint density at radius 2 is 1.90 bits per heavy atom. The second-order valence-corrected chi connectivity index (χ2v) is 8.76. The minimum atomic E-state index is -0.148. The van der Waals surface area contributed by atoms with E-state index < -0.39 is 0 Å². The van der Waals surface area contributed by atoms with Crippen LogP contribution in [0.5, 0.6) is 5.75 Å². The SMILES string of the molecule is Cc1ccc(OCc2csc(C(=O)Nc3cnn(Cc4ccc(Br)cc4)c3)c2)cc1. The van der Waals surface area contributed by atoms with Crippen LogP contribution < -0.4 is 10.1 Å². The largest absolute Gasteiger partial charge is 0.489 e. The van der Waals surface area contributed by atoms with Crippen molar-refractivity contribution in [2.75, 3.05) is 5.32 Å². The lowest BCUT2D eigenvalue weighted by Gasteiger charge is -2.04. The molecule has 2 heterocycles. The number of carbonyl (C=O) groups is 1. The number of benzene rings is 2. The van der Waals surface area contributed by atoms with E-state index in [-0.39, 0.29) is 5.91 Å². The third kappa shape index (κ3) is 5.37. The second kappa shape index (κ2) is 9.28. The van der Waals surface area contributed by atoms with Gasteiger partial charge in [0.2, 0.25) is 0 Å². The molecule has 30 heavy (non-hydrogen) atoms. The fourth-order valence-electron chi connectivity index (χ4n) is 2.86. The minimum Gasteiger partial charge on any atom is -0.489 e. The zero-order valence-electron chi connectivity index (χ0n) is 16.3. The Hall–Kier alpha value is -2.90. The van der Waals surface area contributed by atoms with Gasteiger partial charge in [0.05, 0.1) is 23.3 Å². The summed E-state index contributed by atoms with van der Waals surface area (Å²) in [6.07, 6.45) is 3.49. The lowest BCUT2D eigenvalue weighted by Crippen LogP contribution is -2.09. The molecule has 2 aromatic heterocycles. The van der Waals surface area contributed by atoms with E-state index in [1.807, 2.05) is 73.1 Å². The van der Waals surface area contributed by atoms with Crippen molar-refractivity contribution in [2.24, 2.45) is 0 Å². The third-order valence-corrected chi connectivity index (χ3v) is 5.96. The highest BCUT2D eigenvalue weighted by Crippen LogP contribution is 2.20. The molecule has 4 aromatic rings. The summed E-state index contributed by atoms with van der Waals surface area (Å²) in [6.45, 7) is 3.11. The van der Waals surface area contributed by atoms with Gasteiger partial charge in [-0.15, -0.1) is 11.3 Å². The van der Waals surface area contributed by atoms with Crippen molar-refractivity contribution in [2.45, 2.75) is 20.1 Å². The van der Waals surface area contributed by atoms with Crippen molar-refractivity contribution < 1.29 is 9.53 Å². The van der Waals surface area contributed by atoms with Crippen molar-refractivity contribution in [3.63, 3.8) is 0 Å². The standard InChI is InChI=1S/C23H20BrN3O2S/c1-16-2-8-21(9-3-16)29-14-18-10-22(30-15-18)23(28)26-20-11-25-27(13-20)12-17-4-6-19(24)7-5-17/h2-11,13,15H,12,14H2,1H3,(H,26,28). The quantitative estimate of drug-likeness (QED) is 0.357. The molecule has 0 unspecified atom stereocenters. The normalized spacial score (nSPS) is 10.7. The van der Waals surface area contributed by atoms with Crippen LogP contribution in [0.4, 0.5) is 5.69 Å². The van der Waals surface area contributed by atoms with Gasteiger partial charge in [-0.25, -0.2) is 0 Å². The van der Waals surface area contributed by atoms with Gasteiger partial charge in [-0.1, -0.05) is 45.8 Å². The van der Waals surface area contributed by atoms with Gasteiger partial charge in [-0.3, -0.25) is 9.48 Å². The van der Waals surface area contributed by atoms with Gasteiger partial charge in [-0.05, 0) is 48.2 Å². The second-order valence-electron chi connectivity index (χ2n) is 6.93. The van der Waals surface area contributed by atoms with E-state index in [0.717, 1.165) is 21.3 Å². The van der Waals surface area contributed by atoms with Gasteiger partial charge < -0.3 is 10.1 Å².